The summed E-state index contributed by atoms with van der Waals surface area (Å²) in [5.74, 6) is 2.01. The number of nitrogens with one attached hydrogen (secondary N) is 1. The number of rotatable bonds is 6. The molecule has 1 N–H and O–H groups in total. The Bertz CT molecular complexity index is 1590. The fourth-order valence-electron chi connectivity index (χ4n) is 3.98. The summed E-state index contributed by atoms with van der Waals surface area (Å²) < 4.78 is 12.4. The molecule has 0 spiro atoms. The van der Waals surface area contributed by atoms with E-state index in [0.717, 1.165) is 16.8 Å². The van der Waals surface area contributed by atoms with E-state index in [9.17, 15) is 10.1 Å². The number of ether oxygens (including phenoxy) is 1. The summed E-state index contributed by atoms with van der Waals surface area (Å²) in [4.78, 5) is 15.4. The highest BCUT2D eigenvalue weighted by Gasteiger charge is 2.28. The van der Waals surface area contributed by atoms with Gasteiger partial charge in [0, 0.05) is 34.7 Å². The number of hydrogen-bond donors (Lipinski definition) is 1. The van der Waals surface area contributed by atoms with Gasteiger partial charge in [0.1, 0.15) is 5.76 Å². The zero-order chi connectivity index (χ0) is 25.2. The van der Waals surface area contributed by atoms with Gasteiger partial charge in [-0.15, -0.1) is 10.2 Å². The van der Waals surface area contributed by atoms with Crippen LogP contribution in [0, 0.1) is 10.1 Å². The summed E-state index contributed by atoms with van der Waals surface area (Å²) in [6, 6.07) is 27.6. The highest BCUT2D eigenvalue weighted by atomic mass is 32.2. The molecule has 0 aliphatic carbocycles. The van der Waals surface area contributed by atoms with Crippen LogP contribution in [0.2, 0.25) is 0 Å². The summed E-state index contributed by atoms with van der Waals surface area (Å²) in [6.07, 6.45) is -0.710. The van der Waals surface area contributed by atoms with Crippen molar-refractivity contribution in [3.8, 4) is 28.5 Å². The zero-order valence-corrected chi connectivity index (χ0v) is 20.1. The Hall–Kier alpha value is -4.70. The molecule has 0 saturated carbocycles. The van der Waals surface area contributed by atoms with Gasteiger partial charge in [-0.3, -0.25) is 10.1 Å². The smallest absolute Gasteiger partial charge is 0.270 e. The lowest BCUT2D eigenvalue weighted by Gasteiger charge is -2.16. The van der Waals surface area contributed by atoms with Gasteiger partial charge in [0.25, 0.3) is 5.69 Å². The van der Waals surface area contributed by atoms with Crippen molar-refractivity contribution in [1.82, 2.24) is 15.2 Å². The first kappa shape index (κ1) is 22.7. The molecule has 10 heteroatoms. The maximum Gasteiger partial charge on any atom is 0.270 e. The number of hydrogen-bond acceptors (Lipinski definition) is 9. The molecule has 0 fully saturated rings. The van der Waals surface area contributed by atoms with Crippen LogP contribution < -0.4 is 10.1 Å². The lowest BCUT2D eigenvalue weighted by atomic mass is 10.1. The molecule has 9 nitrogen and oxygen atoms in total. The van der Waals surface area contributed by atoms with Crippen LogP contribution in [0.25, 0.3) is 22.6 Å². The van der Waals surface area contributed by atoms with Crippen molar-refractivity contribution < 1.29 is 14.1 Å². The van der Waals surface area contributed by atoms with Crippen LogP contribution in [0.5, 0.6) is 5.88 Å². The van der Waals surface area contributed by atoms with Gasteiger partial charge >= 0.3 is 0 Å². The van der Waals surface area contributed by atoms with Crippen molar-refractivity contribution in [3.05, 3.63) is 112 Å². The number of nitrogens with zero attached hydrogens (tertiary/aromatic N) is 4. The molecule has 6 rings (SSSR count). The predicted molar refractivity (Wildman–Crippen MR) is 139 cm³/mol. The van der Waals surface area contributed by atoms with Gasteiger partial charge in [-0.25, -0.2) is 0 Å². The fourth-order valence-corrected chi connectivity index (χ4v) is 4.72. The van der Waals surface area contributed by atoms with Gasteiger partial charge in [-0.1, -0.05) is 72.4 Å². The largest absolute Gasteiger partial charge is 0.455 e. The van der Waals surface area contributed by atoms with Crippen LogP contribution >= 0.6 is 11.8 Å². The number of fused-ring (bicyclic) bond motifs is 3. The number of benzene rings is 3. The first-order valence-electron chi connectivity index (χ1n) is 11.4. The molecule has 3 heterocycles. The number of furan rings is 1. The number of nitro benzene ring substituents is 1. The van der Waals surface area contributed by atoms with E-state index in [1.165, 1.54) is 23.9 Å². The molecule has 1 atom stereocenters. The molecule has 182 valence electrons. The lowest BCUT2D eigenvalue weighted by molar-refractivity contribution is -0.384. The van der Waals surface area contributed by atoms with Crippen molar-refractivity contribution in [2.45, 2.75) is 17.1 Å². The first-order valence-corrected chi connectivity index (χ1v) is 12.4. The van der Waals surface area contributed by atoms with Gasteiger partial charge in [0.15, 0.2) is 11.5 Å². The van der Waals surface area contributed by atoms with Crippen LogP contribution in [-0.2, 0) is 5.75 Å². The molecule has 1 aliphatic heterocycles. The molecule has 1 unspecified atom stereocenters. The molecule has 0 bridgehead atoms. The summed E-state index contributed by atoms with van der Waals surface area (Å²) >= 11 is 1.47. The number of anilines is 1. The van der Waals surface area contributed by atoms with Crippen molar-refractivity contribution in [1.29, 1.82) is 0 Å². The van der Waals surface area contributed by atoms with E-state index in [0.29, 0.717) is 39.6 Å². The minimum atomic E-state index is -0.710. The van der Waals surface area contributed by atoms with Crippen molar-refractivity contribution in [2.75, 3.05) is 5.32 Å². The number of non-ortho nitro benzene ring substituents is 1. The van der Waals surface area contributed by atoms with E-state index in [-0.39, 0.29) is 5.69 Å². The number of nitro groups is 1. The third-order valence-corrected chi connectivity index (χ3v) is 6.68. The van der Waals surface area contributed by atoms with Crippen LogP contribution in [0.15, 0.2) is 101 Å². The molecule has 0 amide bonds. The molecule has 5 aromatic rings. The van der Waals surface area contributed by atoms with Crippen LogP contribution in [0.3, 0.4) is 0 Å². The Morgan fingerprint density at radius 1 is 0.946 bits per heavy atom. The standard InChI is InChI=1S/C27H19N5O4S/c33-32(34)19-10-6-9-18(15-19)22-13-14-23(35-22)25-28-21-12-5-4-11-20(21)24-26(36-25)29-27(31-30-24)37-16-17-7-2-1-3-8-17/h1-15,25,28H,16H2. The van der Waals surface area contributed by atoms with E-state index in [1.54, 1.807) is 24.3 Å². The van der Waals surface area contributed by atoms with E-state index < -0.39 is 11.2 Å². The van der Waals surface area contributed by atoms with E-state index in [4.69, 9.17) is 9.15 Å². The summed E-state index contributed by atoms with van der Waals surface area (Å²) in [6.45, 7) is 0. The SMILES string of the molecule is O=[N+]([O-])c1cccc(-c2ccc(C3Nc4ccccc4-c4nnc(SCc5ccccc5)nc4O3)o2)c1. The Kier molecular flexibility index (Phi) is 5.99. The quantitative estimate of drug-likeness (QED) is 0.155. The van der Waals surface area contributed by atoms with Gasteiger partial charge in [0.05, 0.1) is 4.92 Å². The van der Waals surface area contributed by atoms with Crippen molar-refractivity contribution in [3.63, 3.8) is 0 Å². The minimum Gasteiger partial charge on any atom is -0.455 e. The average Bonchev–Trinajstić information content (AvgIpc) is 3.37. The second-order valence-electron chi connectivity index (χ2n) is 8.22. The number of thioether (sulfide) groups is 1. The molecular formula is C27H19N5O4S. The topological polar surface area (TPSA) is 116 Å². The Labute approximate surface area is 215 Å². The predicted octanol–water partition coefficient (Wildman–Crippen LogP) is 6.50. The third kappa shape index (κ3) is 4.74. The fraction of sp³-hybridized carbons (Fsp3) is 0.0741. The molecule has 37 heavy (non-hydrogen) atoms. The van der Waals surface area contributed by atoms with Crippen LogP contribution in [0.4, 0.5) is 11.4 Å². The highest BCUT2D eigenvalue weighted by Crippen LogP contribution is 2.40. The maximum absolute atomic E-state index is 11.2. The molecule has 0 saturated heterocycles. The Morgan fingerprint density at radius 2 is 1.78 bits per heavy atom. The Morgan fingerprint density at radius 3 is 2.65 bits per heavy atom. The monoisotopic (exact) mass is 509 g/mol. The highest BCUT2D eigenvalue weighted by molar-refractivity contribution is 7.98. The minimum absolute atomic E-state index is 0.00884. The van der Waals surface area contributed by atoms with Gasteiger partial charge in [-0.2, -0.15) is 4.98 Å². The first-order chi connectivity index (χ1) is 18.1. The van der Waals surface area contributed by atoms with Gasteiger partial charge in [-0.05, 0) is 23.8 Å². The Balaban J connectivity index is 1.32. The average molecular weight is 510 g/mol. The van der Waals surface area contributed by atoms with Gasteiger partial charge in [0.2, 0.25) is 17.3 Å². The maximum atomic E-state index is 11.2. The second-order valence-corrected chi connectivity index (χ2v) is 9.16. The van der Waals surface area contributed by atoms with E-state index in [1.807, 2.05) is 54.6 Å². The molecular weight excluding hydrogens is 490 g/mol. The van der Waals surface area contributed by atoms with Crippen molar-refractivity contribution in [2.24, 2.45) is 0 Å². The van der Waals surface area contributed by atoms with Crippen LogP contribution in [-0.4, -0.2) is 20.1 Å². The third-order valence-electron chi connectivity index (χ3n) is 5.77. The number of aromatic nitrogens is 3. The van der Waals surface area contributed by atoms with Crippen LogP contribution in [0.1, 0.15) is 17.6 Å². The summed E-state index contributed by atoms with van der Waals surface area (Å²) in [5.41, 5.74) is 3.87. The van der Waals surface area contributed by atoms with E-state index >= 15 is 0 Å². The molecule has 3 aromatic carbocycles. The van der Waals surface area contributed by atoms with Gasteiger partial charge < -0.3 is 14.5 Å². The van der Waals surface area contributed by atoms with E-state index in [2.05, 4.69) is 20.5 Å². The lowest BCUT2D eigenvalue weighted by Crippen LogP contribution is -2.16. The molecule has 1 aliphatic rings. The van der Waals surface area contributed by atoms with Crippen molar-refractivity contribution >= 4 is 23.1 Å². The summed E-state index contributed by atoms with van der Waals surface area (Å²) in [5, 5.41) is 23.8. The number of para-hydroxylation sites is 1. The normalized spacial score (nSPS) is 14.0. The second kappa shape index (κ2) is 9.75. The molecule has 2 aromatic heterocycles. The molecule has 0 radical (unpaired) electrons. The zero-order valence-electron chi connectivity index (χ0n) is 19.3. The summed E-state index contributed by atoms with van der Waals surface area (Å²) in [7, 11) is 0.